The predicted octanol–water partition coefficient (Wildman–Crippen LogP) is 2.31. The Morgan fingerprint density at radius 3 is 2.38 bits per heavy atom. The standard InChI is InChI=1S/C10H23NOP/c1-6-9-7-10(8-11(9)2)12-13(3,4)5/h9-10H,6-8H2,1-5H3/q+1. The molecule has 1 fully saturated rings. The zero-order chi connectivity index (χ0) is 10.1. The van der Waals surface area contributed by atoms with Gasteiger partial charge in [-0.15, -0.1) is 0 Å². The van der Waals surface area contributed by atoms with E-state index in [1.165, 1.54) is 12.8 Å². The molecule has 78 valence electrons. The molecule has 0 radical (unpaired) electrons. The molecule has 1 aliphatic heterocycles. The van der Waals surface area contributed by atoms with Gasteiger partial charge >= 0.3 is 0 Å². The summed E-state index contributed by atoms with van der Waals surface area (Å²) in [5.41, 5.74) is 0. The number of likely N-dealkylation sites (N-methyl/N-ethyl adjacent to an activating group) is 1. The van der Waals surface area contributed by atoms with E-state index in [1.807, 2.05) is 0 Å². The number of hydrogen-bond donors (Lipinski definition) is 0. The second-order valence-corrected chi connectivity index (χ2v) is 8.84. The topological polar surface area (TPSA) is 12.5 Å². The molecular weight excluding hydrogens is 181 g/mol. The van der Waals surface area contributed by atoms with Crippen LogP contribution < -0.4 is 0 Å². The summed E-state index contributed by atoms with van der Waals surface area (Å²) < 4.78 is 6.07. The molecule has 2 nitrogen and oxygen atoms in total. The largest absolute Gasteiger partial charge is 0.301 e. The van der Waals surface area contributed by atoms with E-state index in [1.54, 1.807) is 0 Å². The van der Waals surface area contributed by atoms with Crippen molar-refractivity contribution in [2.45, 2.75) is 31.9 Å². The van der Waals surface area contributed by atoms with Crippen LogP contribution in [-0.4, -0.2) is 50.6 Å². The summed E-state index contributed by atoms with van der Waals surface area (Å²) in [5, 5.41) is 0. The maximum absolute atomic E-state index is 6.07. The maximum atomic E-state index is 6.07. The van der Waals surface area contributed by atoms with Crippen LogP contribution in [0.4, 0.5) is 0 Å². The Morgan fingerprint density at radius 2 is 2.00 bits per heavy atom. The first-order valence-electron chi connectivity index (χ1n) is 5.12. The lowest BCUT2D eigenvalue weighted by molar-refractivity contribution is 0.226. The summed E-state index contributed by atoms with van der Waals surface area (Å²) >= 11 is 0. The lowest BCUT2D eigenvalue weighted by Gasteiger charge is -2.16. The van der Waals surface area contributed by atoms with Crippen molar-refractivity contribution in [2.24, 2.45) is 0 Å². The zero-order valence-corrected chi connectivity index (χ0v) is 10.5. The highest BCUT2D eigenvalue weighted by Gasteiger charge is 2.34. The van der Waals surface area contributed by atoms with Crippen LogP contribution in [-0.2, 0) is 4.52 Å². The molecule has 2 unspecified atom stereocenters. The second-order valence-electron chi connectivity index (χ2n) is 4.85. The van der Waals surface area contributed by atoms with Gasteiger partial charge in [-0.05, 0) is 19.9 Å². The minimum Gasteiger partial charge on any atom is -0.301 e. The van der Waals surface area contributed by atoms with Crippen LogP contribution in [0.15, 0.2) is 0 Å². The van der Waals surface area contributed by atoms with E-state index < -0.39 is 7.49 Å². The quantitative estimate of drug-likeness (QED) is 0.654. The molecule has 0 amide bonds. The summed E-state index contributed by atoms with van der Waals surface area (Å²) in [6.07, 6.45) is 2.96. The van der Waals surface area contributed by atoms with Crippen molar-refractivity contribution in [3.63, 3.8) is 0 Å². The van der Waals surface area contributed by atoms with Crippen LogP contribution in [0.2, 0.25) is 0 Å². The zero-order valence-electron chi connectivity index (χ0n) is 9.58. The first kappa shape index (κ1) is 11.4. The van der Waals surface area contributed by atoms with E-state index in [2.05, 4.69) is 38.9 Å². The number of likely N-dealkylation sites (tertiary alicyclic amines) is 1. The van der Waals surface area contributed by atoms with Crippen molar-refractivity contribution in [2.75, 3.05) is 33.6 Å². The highest BCUT2D eigenvalue weighted by atomic mass is 31.2. The van der Waals surface area contributed by atoms with Crippen molar-refractivity contribution >= 4 is 7.49 Å². The third-order valence-corrected chi connectivity index (χ3v) is 3.52. The number of rotatable bonds is 3. The molecule has 0 aromatic heterocycles. The first-order valence-corrected chi connectivity index (χ1v) is 8.17. The van der Waals surface area contributed by atoms with Crippen molar-refractivity contribution in [1.82, 2.24) is 4.90 Å². The Hall–Kier alpha value is 0.350. The van der Waals surface area contributed by atoms with Crippen LogP contribution in [0.5, 0.6) is 0 Å². The molecule has 1 heterocycles. The summed E-state index contributed by atoms with van der Waals surface area (Å²) in [6, 6.07) is 0.747. The summed E-state index contributed by atoms with van der Waals surface area (Å²) in [6.45, 7) is 10.1. The van der Waals surface area contributed by atoms with Crippen LogP contribution in [0, 0.1) is 0 Å². The molecule has 0 aromatic carbocycles. The number of hydrogen-bond acceptors (Lipinski definition) is 2. The molecule has 0 aliphatic carbocycles. The summed E-state index contributed by atoms with van der Waals surface area (Å²) in [4.78, 5) is 2.43. The van der Waals surface area contributed by atoms with Crippen molar-refractivity contribution in [3.05, 3.63) is 0 Å². The second kappa shape index (κ2) is 4.25. The van der Waals surface area contributed by atoms with Gasteiger partial charge < -0.3 is 4.90 Å². The van der Waals surface area contributed by atoms with E-state index >= 15 is 0 Å². The van der Waals surface area contributed by atoms with Crippen molar-refractivity contribution in [1.29, 1.82) is 0 Å². The molecule has 1 rings (SSSR count). The highest BCUT2D eigenvalue weighted by molar-refractivity contribution is 7.69. The third kappa shape index (κ3) is 3.53. The average molecular weight is 204 g/mol. The van der Waals surface area contributed by atoms with E-state index in [4.69, 9.17) is 4.52 Å². The van der Waals surface area contributed by atoms with Gasteiger partial charge in [-0.1, -0.05) is 6.92 Å². The summed E-state index contributed by atoms with van der Waals surface area (Å²) in [5.74, 6) is 0. The molecule has 0 saturated carbocycles. The van der Waals surface area contributed by atoms with Gasteiger partial charge in [-0.2, -0.15) is 0 Å². The fraction of sp³-hybridized carbons (Fsp3) is 1.00. The SMILES string of the molecule is CCC1CC(O[P+](C)(C)C)CN1C. The average Bonchev–Trinajstić information content (AvgIpc) is 2.26. The van der Waals surface area contributed by atoms with Gasteiger partial charge in [-0.3, -0.25) is 0 Å². The minimum absolute atomic E-state index is 0.489. The molecule has 0 spiro atoms. The van der Waals surface area contributed by atoms with Crippen LogP contribution in [0.1, 0.15) is 19.8 Å². The van der Waals surface area contributed by atoms with Gasteiger partial charge in [0.25, 0.3) is 0 Å². The molecule has 0 bridgehead atoms. The van der Waals surface area contributed by atoms with E-state index in [0.29, 0.717) is 6.10 Å². The van der Waals surface area contributed by atoms with Gasteiger partial charge in [0.15, 0.2) is 0 Å². The van der Waals surface area contributed by atoms with Crippen LogP contribution >= 0.6 is 7.49 Å². The molecule has 0 aromatic rings. The molecule has 13 heavy (non-hydrogen) atoms. The van der Waals surface area contributed by atoms with E-state index in [-0.39, 0.29) is 0 Å². The van der Waals surface area contributed by atoms with Gasteiger partial charge in [0.05, 0.1) is 20.0 Å². The van der Waals surface area contributed by atoms with Crippen LogP contribution in [0.3, 0.4) is 0 Å². The predicted molar refractivity (Wildman–Crippen MR) is 60.9 cm³/mol. The Bertz CT molecular complexity index is 167. The van der Waals surface area contributed by atoms with Crippen molar-refractivity contribution in [3.8, 4) is 0 Å². The Balaban J connectivity index is 2.40. The first-order chi connectivity index (χ1) is 5.92. The monoisotopic (exact) mass is 204 g/mol. The van der Waals surface area contributed by atoms with E-state index in [9.17, 15) is 0 Å². The normalized spacial score (nSPS) is 31.2. The fourth-order valence-electron chi connectivity index (χ4n) is 2.03. The maximum Gasteiger partial charge on any atom is 0.137 e. The molecule has 1 aliphatic rings. The lowest BCUT2D eigenvalue weighted by atomic mass is 10.1. The Morgan fingerprint density at radius 1 is 1.38 bits per heavy atom. The molecular formula is C10H23NOP+. The molecule has 3 heteroatoms. The van der Waals surface area contributed by atoms with Gasteiger partial charge in [0.1, 0.15) is 13.6 Å². The van der Waals surface area contributed by atoms with Gasteiger partial charge in [0, 0.05) is 12.6 Å². The summed E-state index contributed by atoms with van der Waals surface area (Å²) in [7, 11) is 1.15. The van der Waals surface area contributed by atoms with Gasteiger partial charge in [-0.25, -0.2) is 4.52 Å². The third-order valence-electron chi connectivity index (χ3n) is 2.59. The number of nitrogens with zero attached hydrogens (tertiary/aromatic N) is 1. The van der Waals surface area contributed by atoms with Crippen LogP contribution in [0.25, 0.3) is 0 Å². The highest BCUT2D eigenvalue weighted by Crippen LogP contribution is 2.50. The van der Waals surface area contributed by atoms with E-state index in [0.717, 1.165) is 12.6 Å². The Kier molecular flexibility index (Phi) is 3.73. The van der Waals surface area contributed by atoms with Gasteiger partial charge in [0.2, 0.25) is 0 Å². The fourth-order valence-corrected chi connectivity index (χ4v) is 3.08. The Labute approximate surface area is 83.1 Å². The molecule has 2 atom stereocenters. The smallest absolute Gasteiger partial charge is 0.137 e. The lowest BCUT2D eigenvalue weighted by Crippen LogP contribution is -2.24. The molecule has 1 saturated heterocycles. The minimum atomic E-state index is -1.06. The molecule has 0 N–H and O–H groups in total. The van der Waals surface area contributed by atoms with Crippen molar-refractivity contribution < 1.29 is 4.52 Å².